The Labute approximate surface area is 200 Å². The second-order valence-corrected chi connectivity index (χ2v) is 10.5. The third-order valence-electron chi connectivity index (χ3n) is 6.53. The topological polar surface area (TPSA) is 95.9 Å². The van der Waals surface area contributed by atoms with Gasteiger partial charge in [-0.2, -0.15) is 0 Å². The molecule has 34 heavy (non-hydrogen) atoms. The summed E-state index contributed by atoms with van der Waals surface area (Å²) in [4.78, 5) is 38.0. The summed E-state index contributed by atoms with van der Waals surface area (Å²) < 4.78 is 5.66. The summed E-state index contributed by atoms with van der Waals surface area (Å²) in [5, 5.41) is 11.9. The zero-order valence-electron chi connectivity index (χ0n) is 19.9. The van der Waals surface area contributed by atoms with Crippen molar-refractivity contribution in [1.82, 2.24) is 10.2 Å². The number of likely N-dealkylation sites (tertiary alicyclic amines) is 1. The van der Waals surface area contributed by atoms with Crippen molar-refractivity contribution < 1.29 is 24.2 Å². The van der Waals surface area contributed by atoms with Gasteiger partial charge in [-0.3, -0.25) is 9.59 Å². The fourth-order valence-corrected chi connectivity index (χ4v) is 4.90. The summed E-state index contributed by atoms with van der Waals surface area (Å²) in [6.45, 7) is 6.81. The lowest BCUT2D eigenvalue weighted by molar-refractivity contribution is -0.152. The second-order valence-electron chi connectivity index (χ2n) is 10.5. The first-order valence-corrected chi connectivity index (χ1v) is 11.7. The van der Waals surface area contributed by atoms with Gasteiger partial charge in [0.25, 0.3) is 0 Å². The molecule has 2 aliphatic rings. The molecular weight excluding hydrogens is 432 g/mol. The molecule has 0 radical (unpaired) electrons. The third-order valence-corrected chi connectivity index (χ3v) is 6.53. The number of carbonyl (C=O) groups is 3. The summed E-state index contributed by atoms with van der Waals surface area (Å²) >= 11 is 0. The Bertz CT molecular complexity index is 1040. The monoisotopic (exact) mass is 464 g/mol. The molecule has 2 aromatic rings. The van der Waals surface area contributed by atoms with Crippen LogP contribution >= 0.6 is 0 Å². The molecule has 7 heteroatoms. The van der Waals surface area contributed by atoms with Crippen LogP contribution in [0.1, 0.15) is 50.7 Å². The maximum Gasteiger partial charge on any atom is 0.407 e. The highest BCUT2D eigenvalue weighted by Crippen LogP contribution is 2.44. The maximum absolute atomic E-state index is 12.8. The number of nitrogens with zero attached hydrogens (tertiary/aromatic N) is 1. The first-order valence-electron chi connectivity index (χ1n) is 11.7. The lowest BCUT2D eigenvalue weighted by Crippen LogP contribution is -2.54. The first-order chi connectivity index (χ1) is 16.1. The van der Waals surface area contributed by atoms with Crippen molar-refractivity contribution in [2.24, 2.45) is 11.3 Å². The van der Waals surface area contributed by atoms with E-state index in [1.807, 2.05) is 45.0 Å². The summed E-state index contributed by atoms with van der Waals surface area (Å²) in [6.07, 6.45) is 0.170. The number of hydrogen-bond donors (Lipinski definition) is 2. The Morgan fingerprint density at radius 2 is 1.59 bits per heavy atom. The lowest BCUT2D eigenvalue weighted by atomic mass is 9.86. The molecule has 1 aliphatic heterocycles. The number of aliphatic carboxylic acids is 1. The first kappa shape index (κ1) is 23.8. The van der Waals surface area contributed by atoms with E-state index in [4.69, 9.17) is 9.84 Å². The maximum atomic E-state index is 12.8. The quantitative estimate of drug-likeness (QED) is 0.638. The van der Waals surface area contributed by atoms with Gasteiger partial charge < -0.3 is 20.1 Å². The van der Waals surface area contributed by atoms with Crippen molar-refractivity contribution in [2.45, 2.75) is 45.6 Å². The van der Waals surface area contributed by atoms with Crippen molar-refractivity contribution in [2.75, 3.05) is 19.7 Å². The standard InChI is InChI=1S/C27H32N2O5/c1-27(2,3)13-18(12-24(30)29-14-17(15-29)25(31)32)28-26(33)34-16-23-21-10-6-4-8-19(21)20-9-5-7-11-22(20)23/h4-11,17-18,23H,12-16H2,1-3H3,(H,28,33)(H,31,32). The molecule has 180 valence electrons. The summed E-state index contributed by atoms with van der Waals surface area (Å²) in [6, 6.07) is 15.9. The molecule has 0 bridgehead atoms. The van der Waals surface area contributed by atoms with Crippen molar-refractivity contribution in [1.29, 1.82) is 0 Å². The Kier molecular flexibility index (Phi) is 6.64. The van der Waals surface area contributed by atoms with Gasteiger partial charge >= 0.3 is 12.1 Å². The van der Waals surface area contributed by atoms with Crippen molar-refractivity contribution in [3.63, 3.8) is 0 Å². The Balaban J connectivity index is 1.38. The molecule has 1 atom stereocenters. The van der Waals surface area contributed by atoms with Crippen molar-refractivity contribution in [3.05, 3.63) is 59.7 Å². The van der Waals surface area contributed by atoms with Crippen LogP contribution in [0.25, 0.3) is 11.1 Å². The van der Waals surface area contributed by atoms with E-state index in [0.29, 0.717) is 6.42 Å². The number of hydrogen-bond acceptors (Lipinski definition) is 4. The minimum Gasteiger partial charge on any atom is -0.481 e. The molecule has 4 rings (SSSR count). The van der Waals surface area contributed by atoms with E-state index in [-0.39, 0.29) is 43.4 Å². The third kappa shape index (κ3) is 5.24. The van der Waals surface area contributed by atoms with E-state index in [9.17, 15) is 14.4 Å². The summed E-state index contributed by atoms with van der Waals surface area (Å²) in [7, 11) is 0. The number of amides is 2. The van der Waals surface area contributed by atoms with E-state index in [1.54, 1.807) is 0 Å². The summed E-state index contributed by atoms with van der Waals surface area (Å²) in [5.74, 6) is -1.56. The number of alkyl carbamates (subject to hydrolysis) is 1. The van der Waals surface area contributed by atoms with Gasteiger partial charge in [-0.05, 0) is 34.1 Å². The van der Waals surface area contributed by atoms with Crippen LogP contribution in [-0.2, 0) is 14.3 Å². The van der Waals surface area contributed by atoms with Gasteiger partial charge in [0.05, 0.1) is 5.92 Å². The molecule has 2 aromatic carbocycles. The molecular formula is C27H32N2O5. The number of carbonyl (C=O) groups excluding carboxylic acids is 2. The number of rotatable bonds is 7. The average Bonchev–Trinajstić information content (AvgIpc) is 3.03. The van der Waals surface area contributed by atoms with Crippen LogP contribution in [-0.4, -0.2) is 53.7 Å². The number of benzene rings is 2. The summed E-state index contributed by atoms with van der Waals surface area (Å²) in [5.41, 5.74) is 4.50. The number of carboxylic acid groups (broad SMARTS) is 1. The van der Waals surface area contributed by atoms with Gasteiger partial charge in [0.2, 0.25) is 5.91 Å². The zero-order valence-corrected chi connectivity index (χ0v) is 19.9. The van der Waals surface area contributed by atoms with Gasteiger partial charge in [0.1, 0.15) is 6.61 Å². The molecule has 0 spiro atoms. The highest BCUT2D eigenvalue weighted by Gasteiger charge is 2.37. The highest BCUT2D eigenvalue weighted by atomic mass is 16.5. The Morgan fingerprint density at radius 1 is 1.03 bits per heavy atom. The molecule has 2 N–H and O–H groups in total. The molecule has 1 unspecified atom stereocenters. The van der Waals surface area contributed by atoms with Crippen LogP contribution < -0.4 is 5.32 Å². The zero-order chi connectivity index (χ0) is 24.5. The van der Waals surface area contributed by atoms with Gasteiger partial charge in [0.15, 0.2) is 0 Å². The number of carboxylic acids is 1. The number of nitrogens with one attached hydrogen (secondary N) is 1. The largest absolute Gasteiger partial charge is 0.481 e. The smallest absolute Gasteiger partial charge is 0.407 e. The van der Waals surface area contributed by atoms with E-state index in [2.05, 4.69) is 29.6 Å². The molecule has 1 fully saturated rings. The molecule has 7 nitrogen and oxygen atoms in total. The van der Waals surface area contributed by atoms with Crippen LogP contribution in [0.15, 0.2) is 48.5 Å². The van der Waals surface area contributed by atoms with Crippen molar-refractivity contribution in [3.8, 4) is 11.1 Å². The van der Waals surface area contributed by atoms with Crippen LogP contribution in [0.2, 0.25) is 0 Å². The van der Waals surface area contributed by atoms with Crippen LogP contribution in [0.5, 0.6) is 0 Å². The minimum atomic E-state index is -0.882. The van der Waals surface area contributed by atoms with Gasteiger partial charge in [-0.15, -0.1) is 0 Å². The van der Waals surface area contributed by atoms with Crippen LogP contribution in [0.4, 0.5) is 4.79 Å². The highest BCUT2D eigenvalue weighted by molar-refractivity contribution is 5.82. The number of ether oxygens (including phenoxy) is 1. The molecule has 1 aliphatic carbocycles. The lowest BCUT2D eigenvalue weighted by Gasteiger charge is -2.38. The van der Waals surface area contributed by atoms with E-state index >= 15 is 0 Å². The predicted octanol–water partition coefficient (Wildman–Crippen LogP) is 4.26. The van der Waals surface area contributed by atoms with Crippen LogP contribution in [0.3, 0.4) is 0 Å². The fraction of sp³-hybridized carbons (Fsp3) is 0.444. The van der Waals surface area contributed by atoms with Gasteiger partial charge in [-0.1, -0.05) is 69.3 Å². The minimum absolute atomic E-state index is 0.0325. The Morgan fingerprint density at radius 3 is 2.12 bits per heavy atom. The molecule has 1 saturated heterocycles. The van der Waals surface area contributed by atoms with Gasteiger partial charge in [0, 0.05) is 31.5 Å². The average molecular weight is 465 g/mol. The van der Waals surface area contributed by atoms with E-state index in [1.165, 1.54) is 4.90 Å². The number of fused-ring (bicyclic) bond motifs is 3. The predicted molar refractivity (Wildman–Crippen MR) is 128 cm³/mol. The van der Waals surface area contributed by atoms with E-state index < -0.39 is 24.0 Å². The Hall–Kier alpha value is -3.35. The fourth-order valence-electron chi connectivity index (χ4n) is 4.90. The molecule has 0 aromatic heterocycles. The van der Waals surface area contributed by atoms with E-state index in [0.717, 1.165) is 22.3 Å². The van der Waals surface area contributed by atoms with Gasteiger partial charge in [-0.25, -0.2) is 4.79 Å². The normalized spacial score (nSPS) is 16.3. The molecule has 2 amide bonds. The molecule has 1 heterocycles. The van der Waals surface area contributed by atoms with Crippen LogP contribution in [0, 0.1) is 11.3 Å². The molecule has 0 saturated carbocycles. The second kappa shape index (κ2) is 9.49. The van der Waals surface area contributed by atoms with Crippen molar-refractivity contribution >= 4 is 18.0 Å². The SMILES string of the molecule is CC(C)(C)CC(CC(=O)N1CC(C(=O)O)C1)NC(=O)OCC1c2ccccc2-c2ccccc21.